The number of nitrogens with zero attached hydrogens (tertiary/aromatic N) is 6. The van der Waals surface area contributed by atoms with Gasteiger partial charge in [0.05, 0.1) is 6.54 Å². The van der Waals surface area contributed by atoms with Gasteiger partial charge >= 0.3 is 0 Å². The maximum atomic E-state index is 14.5. The van der Waals surface area contributed by atoms with Gasteiger partial charge in [-0.25, -0.2) is 19.3 Å². The number of aromatic nitrogens is 5. The van der Waals surface area contributed by atoms with E-state index in [0.717, 1.165) is 11.1 Å². The molecule has 1 aliphatic heterocycles. The molecule has 1 aliphatic rings. The van der Waals surface area contributed by atoms with E-state index in [-0.39, 0.29) is 25.3 Å². The predicted molar refractivity (Wildman–Crippen MR) is 150 cm³/mol. The van der Waals surface area contributed by atoms with Gasteiger partial charge in [0.1, 0.15) is 29.2 Å². The van der Waals surface area contributed by atoms with Crippen molar-refractivity contribution in [2.45, 2.75) is 32.1 Å². The lowest BCUT2D eigenvalue weighted by molar-refractivity contribution is -0.137. The van der Waals surface area contributed by atoms with Crippen molar-refractivity contribution in [2.24, 2.45) is 0 Å². The summed E-state index contributed by atoms with van der Waals surface area (Å²) in [5.41, 5.74) is 2.82. The van der Waals surface area contributed by atoms with Crippen LogP contribution in [0.5, 0.6) is 0 Å². The van der Waals surface area contributed by atoms with Gasteiger partial charge in [-0.05, 0) is 52.7 Å². The molecule has 1 aromatic carbocycles. The lowest BCUT2D eigenvalue weighted by Crippen LogP contribution is -2.44. The van der Waals surface area contributed by atoms with Gasteiger partial charge in [0.2, 0.25) is 17.6 Å². The molecular formula is C28H23BrFN7O3. The van der Waals surface area contributed by atoms with E-state index in [0.29, 0.717) is 32.7 Å². The molecule has 10 nitrogen and oxygen atoms in total. The van der Waals surface area contributed by atoms with Crippen LogP contribution in [0.2, 0.25) is 0 Å². The van der Waals surface area contributed by atoms with Crippen molar-refractivity contribution in [3.8, 4) is 11.1 Å². The third-order valence-corrected chi connectivity index (χ3v) is 7.43. The smallest absolute Gasteiger partial charge is 0.248 e. The van der Waals surface area contributed by atoms with Crippen molar-refractivity contribution in [3.63, 3.8) is 0 Å². The zero-order valence-electron chi connectivity index (χ0n) is 21.3. The lowest BCUT2D eigenvalue weighted by Gasteiger charge is -2.24. The Labute approximate surface area is 236 Å². The van der Waals surface area contributed by atoms with Crippen LogP contribution in [0.25, 0.3) is 27.8 Å². The van der Waals surface area contributed by atoms with E-state index in [9.17, 15) is 18.8 Å². The molecule has 5 heterocycles. The normalized spacial score (nSPS) is 17.0. The number of benzene rings is 1. The third-order valence-electron chi connectivity index (χ3n) is 6.98. The number of pyridine rings is 1. The van der Waals surface area contributed by atoms with Gasteiger partial charge in [0, 0.05) is 59.4 Å². The van der Waals surface area contributed by atoms with Crippen LogP contribution in [-0.4, -0.2) is 65.2 Å². The molecule has 1 N–H and O–H groups in total. The number of imidazole rings is 1. The molecule has 5 aromatic rings. The van der Waals surface area contributed by atoms with Crippen LogP contribution in [-0.2, 0) is 16.1 Å². The third kappa shape index (κ3) is 4.86. The largest absolute Gasteiger partial charge is 0.337 e. The van der Waals surface area contributed by atoms with Gasteiger partial charge in [-0.15, -0.1) is 0 Å². The zero-order valence-corrected chi connectivity index (χ0v) is 22.9. The summed E-state index contributed by atoms with van der Waals surface area (Å²) in [5, 5.41) is 3.35. The second-order valence-electron chi connectivity index (χ2n) is 9.67. The summed E-state index contributed by atoms with van der Waals surface area (Å²) >= 11 is 3.25. The molecule has 0 saturated carbocycles. The number of amides is 2. The van der Waals surface area contributed by atoms with Crippen molar-refractivity contribution < 1.29 is 18.8 Å². The standard InChI is InChI=1S/C28H23BrFN7O3/c1-16(38)21-14-36(22-6-5-17(9-20(21)22)18-11-32-28-31-7-8-35(28)12-18)15-26(39)37-13-19(30)10-23(37)27(40)34-25-4-2-3-24(29)33-25/h2-9,11-12,14,19,23H,10,13,15H2,1H3,(H,33,34,40)/t19-,23+/m1/s1. The second kappa shape index (κ2) is 10.3. The minimum atomic E-state index is -1.33. The number of nitrogens with one attached hydrogen (secondary N) is 1. The van der Waals surface area contributed by atoms with E-state index in [1.54, 1.807) is 47.6 Å². The Morgan fingerprint density at radius 3 is 2.77 bits per heavy atom. The zero-order chi connectivity index (χ0) is 28.0. The Morgan fingerprint density at radius 1 is 1.12 bits per heavy atom. The highest BCUT2D eigenvalue weighted by molar-refractivity contribution is 9.10. The number of likely N-dealkylation sites (tertiary alicyclic amines) is 1. The van der Waals surface area contributed by atoms with E-state index >= 15 is 0 Å². The first-order valence-corrected chi connectivity index (χ1v) is 13.4. The highest BCUT2D eigenvalue weighted by Crippen LogP contribution is 2.29. The molecule has 4 aromatic heterocycles. The maximum Gasteiger partial charge on any atom is 0.248 e. The van der Waals surface area contributed by atoms with Crippen molar-refractivity contribution in [1.82, 2.24) is 28.8 Å². The number of hydrogen-bond acceptors (Lipinski definition) is 6. The fraction of sp³-hybridized carbons (Fsp3) is 0.214. The first kappa shape index (κ1) is 25.8. The van der Waals surface area contributed by atoms with Crippen molar-refractivity contribution >= 4 is 56.0 Å². The molecule has 0 spiro atoms. The number of carbonyl (C=O) groups is 3. The molecule has 40 heavy (non-hydrogen) atoms. The number of fused-ring (bicyclic) bond motifs is 2. The maximum absolute atomic E-state index is 14.5. The number of anilines is 1. The predicted octanol–water partition coefficient (Wildman–Crippen LogP) is 4.29. The summed E-state index contributed by atoms with van der Waals surface area (Å²) in [6.07, 6.45) is 7.29. The number of alkyl halides is 1. The number of hydrogen-bond donors (Lipinski definition) is 1. The first-order chi connectivity index (χ1) is 19.3. The molecule has 2 atom stereocenters. The van der Waals surface area contributed by atoms with Crippen molar-refractivity contribution in [3.05, 3.63) is 77.5 Å². The summed E-state index contributed by atoms with van der Waals surface area (Å²) in [4.78, 5) is 52.9. The van der Waals surface area contributed by atoms with Crippen LogP contribution in [0.1, 0.15) is 23.7 Å². The van der Waals surface area contributed by atoms with Gasteiger partial charge in [0.25, 0.3) is 0 Å². The Kier molecular flexibility index (Phi) is 6.62. The van der Waals surface area contributed by atoms with Crippen LogP contribution < -0.4 is 5.32 Å². The SMILES string of the molecule is CC(=O)c1cn(CC(=O)N2C[C@H](F)C[C@H]2C(=O)Nc2cccc(Br)n2)c2ccc(-c3cnc4nccn4c3)cc12. The molecule has 0 radical (unpaired) electrons. The van der Waals surface area contributed by atoms with E-state index < -0.39 is 24.0 Å². The van der Waals surface area contributed by atoms with E-state index in [1.165, 1.54) is 11.8 Å². The topological polar surface area (TPSA) is 114 Å². The molecule has 2 amide bonds. The monoisotopic (exact) mass is 603 g/mol. The summed E-state index contributed by atoms with van der Waals surface area (Å²) in [5.74, 6) is -0.200. The summed E-state index contributed by atoms with van der Waals surface area (Å²) in [7, 11) is 0. The van der Waals surface area contributed by atoms with Gasteiger partial charge in [-0.2, -0.15) is 0 Å². The number of carbonyl (C=O) groups excluding carboxylic acids is 3. The van der Waals surface area contributed by atoms with Crippen molar-refractivity contribution in [2.75, 3.05) is 11.9 Å². The van der Waals surface area contributed by atoms with Gasteiger partial charge in [-0.1, -0.05) is 12.1 Å². The van der Waals surface area contributed by atoms with Crippen molar-refractivity contribution in [1.29, 1.82) is 0 Å². The van der Waals surface area contributed by atoms with Gasteiger partial charge < -0.3 is 14.8 Å². The Morgan fingerprint density at radius 2 is 1.98 bits per heavy atom. The first-order valence-electron chi connectivity index (χ1n) is 12.6. The number of ketones is 1. The van der Waals surface area contributed by atoms with Crippen LogP contribution >= 0.6 is 15.9 Å². The lowest BCUT2D eigenvalue weighted by atomic mass is 10.0. The highest BCUT2D eigenvalue weighted by Gasteiger charge is 2.40. The van der Waals surface area contributed by atoms with Crippen LogP contribution in [0.15, 0.2) is 72.0 Å². The van der Waals surface area contributed by atoms with Gasteiger partial charge in [-0.3, -0.25) is 18.8 Å². The summed E-state index contributed by atoms with van der Waals surface area (Å²) in [6, 6.07) is 9.69. The average molecular weight is 604 g/mol. The van der Waals surface area contributed by atoms with Crippen LogP contribution in [0.3, 0.4) is 0 Å². The van der Waals surface area contributed by atoms with Gasteiger partial charge in [0.15, 0.2) is 5.78 Å². The van der Waals surface area contributed by atoms with Crippen LogP contribution in [0.4, 0.5) is 10.2 Å². The molecule has 6 rings (SSSR count). The summed E-state index contributed by atoms with van der Waals surface area (Å²) < 4.78 is 18.5. The molecule has 12 heteroatoms. The van der Waals surface area contributed by atoms with Crippen LogP contribution in [0, 0.1) is 0 Å². The molecular weight excluding hydrogens is 581 g/mol. The minimum absolute atomic E-state index is 0.102. The molecule has 202 valence electrons. The fourth-order valence-electron chi connectivity index (χ4n) is 5.09. The second-order valence-corrected chi connectivity index (χ2v) is 10.5. The molecule has 1 saturated heterocycles. The van der Waals surface area contributed by atoms with E-state index in [2.05, 4.69) is 36.2 Å². The Hall–Kier alpha value is -4.45. The Balaban J connectivity index is 1.28. The number of halogens is 2. The molecule has 1 fully saturated rings. The fourth-order valence-corrected chi connectivity index (χ4v) is 5.43. The molecule has 0 unspecified atom stereocenters. The summed E-state index contributed by atoms with van der Waals surface area (Å²) in [6.45, 7) is 1.13. The minimum Gasteiger partial charge on any atom is -0.337 e. The number of Topliss-reactive ketones (excluding diaryl/α,β-unsaturated/α-hetero) is 1. The van der Waals surface area contributed by atoms with E-state index in [1.807, 2.05) is 28.8 Å². The molecule has 0 aliphatic carbocycles. The quantitative estimate of drug-likeness (QED) is 0.229. The average Bonchev–Trinajstić information content (AvgIpc) is 3.65. The molecule has 0 bridgehead atoms. The highest BCUT2D eigenvalue weighted by atomic mass is 79.9. The number of rotatable bonds is 6. The Bertz CT molecular complexity index is 1800. The van der Waals surface area contributed by atoms with E-state index in [4.69, 9.17) is 0 Å².